The summed E-state index contributed by atoms with van der Waals surface area (Å²) in [5.74, 6) is 3.38. The minimum Gasteiger partial charge on any atom is -0.337 e. The minimum atomic E-state index is -0.383. The van der Waals surface area contributed by atoms with Gasteiger partial charge in [-0.1, -0.05) is 24.9 Å². The maximum atomic E-state index is 6.48. The molecule has 2 heterocycles. The Hall–Kier alpha value is -0.550. The predicted octanol–water partition coefficient (Wildman–Crippen LogP) is 3.00. The van der Waals surface area contributed by atoms with E-state index in [0.717, 1.165) is 31.5 Å². The molecule has 0 spiro atoms. The number of nitrogens with two attached hydrogens (primary N) is 1. The zero-order chi connectivity index (χ0) is 12.6. The molecule has 0 aromatic carbocycles. The lowest BCUT2D eigenvalue weighted by atomic mass is 9.77. The highest BCUT2D eigenvalue weighted by molar-refractivity contribution is 7.99. The third kappa shape index (κ3) is 2.30. The highest BCUT2D eigenvalue weighted by atomic mass is 32.2. The van der Waals surface area contributed by atoms with Crippen molar-refractivity contribution in [3.05, 3.63) is 11.7 Å². The maximum Gasteiger partial charge on any atom is 0.246 e. The summed E-state index contributed by atoms with van der Waals surface area (Å²) in [7, 11) is 0. The summed E-state index contributed by atoms with van der Waals surface area (Å²) in [5, 5.41) is 4.58. The molecule has 2 N–H and O–H groups in total. The number of hydrogen-bond acceptors (Lipinski definition) is 5. The first-order chi connectivity index (χ1) is 8.67. The van der Waals surface area contributed by atoms with Crippen LogP contribution in [0.4, 0.5) is 0 Å². The Kier molecular flexibility index (Phi) is 3.36. The number of nitrogens with zero attached hydrogens (tertiary/aromatic N) is 2. The second-order valence-corrected chi connectivity index (χ2v) is 7.13. The normalized spacial score (nSPS) is 37.0. The van der Waals surface area contributed by atoms with Gasteiger partial charge in [0.15, 0.2) is 5.82 Å². The molecule has 1 aliphatic heterocycles. The van der Waals surface area contributed by atoms with Gasteiger partial charge in [0.1, 0.15) is 0 Å². The van der Waals surface area contributed by atoms with E-state index in [1.165, 1.54) is 18.6 Å². The number of thioether (sulfide) groups is 1. The Morgan fingerprint density at radius 3 is 3.00 bits per heavy atom. The summed E-state index contributed by atoms with van der Waals surface area (Å²) in [6.45, 7) is 2.25. The van der Waals surface area contributed by atoms with Crippen LogP contribution in [-0.2, 0) is 5.54 Å². The summed E-state index contributed by atoms with van der Waals surface area (Å²) >= 11 is 1.93. The van der Waals surface area contributed by atoms with Crippen molar-refractivity contribution in [2.24, 2.45) is 11.7 Å². The van der Waals surface area contributed by atoms with Crippen molar-refractivity contribution in [1.29, 1.82) is 0 Å². The Bertz CT molecular complexity index is 416. The molecule has 3 unspecified atom stereocenters. The highest BCUT2D eigenvalue weighted by Crippen LogP contribution is 2.41. The second kappa shape index (κ2) is 4.85. The Morgan fingerprint density at radius 1 is 1.39 bits per heavy atom. The van der Waals surface area contributed by atoms with Gasteiger partial charge in [0.25, 0.3) is 0 Å². The molecule has 0 amide bonds. The third-order valence-electron chi connectivity index (χ3n) is 4.12. The smallest absolute Gasteiger partial charge is 0.246 e. The average molecular weight is 267 g/mol. The number of rotatable bonds is 2. The van der Waals surface area contributed by atoms with E-state index in [1.54, 1.807) is 0 Å². The standard InChI is InChI=1S/C13H21N3OS/c1-9-4-2-6-13(14,8-9)12-15-11(16-17-12)10-5-3-7-18-10/h9-10H,2-8,14H2,1H3. The maximum absolute atomic E-state index is 6.48. The molecule has 5 heteroatoms. The molecule has 1 aromatic rings. The second-order valence-electron chi connectivity index (χ2n) is 5.82. The van der Waals surface area contributed by atoms with Crippen molar-refractivity contribution in [3.8, 4) is 0 Å². The molecule has 1 saturated carbocycles. The number of hydrogen-bond donors (Lipinski definition) is 1. The molecule has 3 rings (SSSR count). The molecule has 2 aliphatic rings. The quantitative estimate of drug-likeness (QED) is 0.892. The van der Waals surface area contributed by atoms with Gasteiger partial charge >= 0.3 is 0 Å². The van der Waals surface area contributed by atoms with Crippen LogP contribution in [0.2, 0.25) is 0 Å². The lowest BCUT2D eigenvalue weighted by molar-refractivity contribution is 0.183. The van der Waals surface area contributed by atoms with E-state index in [0.29, 0.717) is 17.1 Å². The van der Waals surface area contributed by atoms with Crippen LogP contribution in [0.1, 0.15) is 62.4 Å². The molecule has 18 heavy (non-hydrogen) atoms. The van der Waals surface area contributed by atoms with Gasteiger partial charge in [-0.2, -0.15) is 16.7 Å². The molecule has 0 bridgehead atoms. The zero-order valence-electron chi connectivity index (χ0n) is 10.9. The highest BCUT2D eigenvalue weighted by Gasteiger charge is 2.38. The first-order valence-corrected chi connectivity index (χ1v) is 7.97. The van der Waals surface area contributed by atoms with Crippen molar-refractivity contribution in [1.82, 2.24) is 10.1 Å². The van der Waals surface area contributed by atoms with Crippen molar-refractivity contribution < 1.29 is 4.52 Å². The van der Waals surface area contributed by atoms with E-state index in [1.807, 2.05) is 11.8 Å². The molecule has 1 saturated heterocycles. The monoisotopic (exact) mass is 267 g/mol. The van der Waals surface area contributed by atoms with Crippen LogP contribution in [0.3, 0.4) is 0 Å². The fourth-order valence-corrected chi connectivity index (χ4v) is 4.33. The van der Waals surface area contributed by atoms with Gasteiger partial charge in [-0.15, -0.1) is 0 Å². The average Bonchev–Trinajstić information content (AvgIpc) is 3.00. The van der Waals surface area contributed by atoms with Gasteiger partial charge in [-0.25, -0.2) is 0 Å². The van der Waals surface area contributed by atoms with Gasteiger partial charge in [0.05, 0.1) is 10.8 Å². The largest absolute Gasteiger partial charge is 0.337 e. The fraction of sp³-hybridized carbons (Fsp3) is 0.846. The zero-order valence-corrected chi connectivity index (χ0v) is 11.7. The van der Waals surface area contributed by atoms with Crippen LogP contribution >= 0.6 is 11.8 Å². The number of aromatic nitrogens is 2. The van der Waals surface area contributed by atoms with Crippen LogP contribution in [0.15, 0.2) is 4.52 Å². The van der Waals surface area contributed by atoms with Crippen LogP contribution in [0, 0.1) is 5.92 Å². The molecular weight excluding hydrogens is 246 g/mol. The van der Waals surface area contributed by atoms with E-state index in [-0.39, 0.29) is 5.54 Å². The van der Waals surface area contributed by atoms with Crippen molar-refractivity contribution in [2.45, 2.75) is 56.2 Å². The van der Waals surface area contributed by atoms with E-state index >= 15 is 0 Å². The lowest BCUT2D eigenvalue weighted by Gasteiger charge is -2.33. The van der Waals surface area contributed by atoms with Crippen molar-refractivity contribution in [3.63, 3.8) is 0 Å². The Balaban J connectivity index is 1.79. The predicted molar refractivity (Wildman–Crippen MR) is 72.2 cm³/mol. The molecule has 0 radical (unpaired) electrons. The first kappa shape index (κ1) is 12.5. The SMILES string of the molecule is CC1CCCC(N)(c2nc(C3CCCS3)no2)C1. The van der Waals surface area contributed by atoms with Crippen molar-refractivity contribution in [2.75, 3.05) is 5.75 Å². The van der Waals surface area contributed by atoms with Gasteiger partial charge in [0.2, 0.25) is 5.89 Å². The molecule has 1 aromatic heterocycles. The van der Waals surface area contributed by atoms with Gasteiger partial charge in [-0.3, -0.25) is 0 Å². The fourth-order valence-electron chi connectivity index (χ4n) is 3.14. The van der Waals surface area contributed by atoms with Gasteiger partial charge < -0.3 is 10.3 Å². The van der Waals surface area contributed by atoms with E-state index in [4.69, 9.17) is 10.3 Å². The first-order valence-electron chi connectivity index (χ1n) is 6.92. The van der Waals surface area contributed by atoms with E-state index in [9.17, 15) is 0 Å². The summed E-state index contributed by atoms with van der Waals surface area (Å²) in [6.07, 6.45) is 6.77. The molecule has 3 atom stereocenters. The van der Waals surface area contributed by atoms with Crippen molar-refractivity contribution >= 4 is 11.8 Å². The minimum absolute atomic E-state index is 0.383. The summed E-state index contributed by atoms with van der Waals surface area (Å²) in [4.78, 5) is 4.60. The third-order valence-corrected chi connectivity index (χ3v) is 5.49. The summed E-state index contributed by atoms with van der Waals surface area (Å²) in [5.41, 5.74) is 6.10. The Morgan fingerprint density at radius 2 is 2.28 bits per heavy atom. The van der Waals surface area contributed by atoms with Gasteiger partial charge in [-0.05, 0) is 37.4 Å². The molecular formula is C13H21N3OS. The van der Waals surface area contributed by atoms with Crippen LogP contribution < -0.4 is 5.73 Å². The van der Waals surface area contributed by atoms with Crippen LogP contribution in [0.25, 0.3) is 0 Å². The molecule has 1 aliphatic carbocycles. The van der Waals surface area contributed by atoms with Crippen LogP contribution in [0.5, 0.6) is 0 Å². The van der Waals surface area contributed by atoms with Crippen LogP contribution in [-0.4, -0.2) is 15.9 Å². The molecule has 4 nitrogen and oxygen atoms in total. The molecule has 2 fully saturated rings. The Labute approximate surface area is 112 Å². The lowest BCUT2D eigenvalue weighted by Crippen LogP contribution is -2.41. The van der Waals surface area contributed by atoms with E-state index < -0.39 is 0 Å². The summed E-state index contributed by atoms with van der Waals surface area (Å²) in [6, 6.07) is 0. The van der Waals surface area contributed by atoms with Gasteiger partial charge in [0, 0.05) is 0 Å². The van der Waals surface area contributed by atoms with E-state index in [2.05, 4.69) is 17.1 Å². The summed E-state index contributed by atoms with van der Waals surface area (Å²) < 4.78 is 5.47. The molecule has 100 valence electrons. The topological polar surface area (TPSA) is 64.9 Å².